The lowest BCUT2D eigenvalue weighted by atomic mass is 10.00. The Morgan fingerprint density at radius 3 is 1.67 bits per heavy atom. The zero-order valence-corrected chi connectivity index (χ0v) is 38.1. The molecule has 4 nitrogen and oxygen atoms in total. The molecule has 0 saturated heterocycles. The number of hydrogen-bond acceptors (Lipinski definition) is 4. The molecule has 14 rings (SSSR count). The molecule has 0 aliphatic rings. The summed E-state index contributed by atoms with van der Waals surface area (Å²) in [5, 5.41) is 9.56. The number of nitrogens with zero attached hydrogens (tertiary/aromatic N) is 3. The lowest BCUT2D eigenvalue weighted by Gasteiger charge is -2.28. The second kappa shape index (κ2) is 15.9. The van der Waals surface area contributed by atoms with Crippen LogP contribution in [0.4, 0.5) is 34.1 Å². The number of aromatic nitrogens is 1. The normalized spacial score (nSPS) is 11.8. The van der Waals surface area contributed by atoms with E-state index in [-0.39, 0.29) is 0 Å². The highest BCUT2D eigenvalue weighted by Crippen LogP contribution is 2.49. The van der Waals surface area contributed by atoms with Crippen molar-refractivity contribution in [2.45, 2.75) is 0 Å². The fourth-order valence-electron chi connectivity index (χ4n) is 10.6. The maximum absolute atomic E-state index is 6.59. The molecule has 3 heterocycles. The summed E-state index contributed by atoms with van der Waals surface area (Å²) < 4.78 is 11.5. The van der Waals surface area contributed by atoms with E-state index in [9.17, 15) is 0 Å². The molecule has 0 aliphatic heterocycles. The van der Waals surface area contributed by atoms with E-state index in [0.717, 1.165) is 72.9 Å². The minimum atomic E-state index is 0.856. The second-order valence-corrected chi connectivity index (χ2v) is 18.7. The van der Waals surface area contributed by atoms with Gasteiger partial charge in [0, 0.05) is 92.7 Å². The van der Waals surface area contributed by atoms with Crippen LogP contribution in [0.1, 0.15) is 0 Å². The predicted octanol–water partition coefficient (Wildman–Crippen LogP) is 18.8. The molecule has 0 spiro atoms. The molecule has 0 fully saturated rings. The van der Waals surface area contributed by atoms with Crippen molar-refractivity contribution in [3.05, 3.63) is 249 Å². The average molecular weight is 900 g/mol. The number of rotatable bonds is 8. The van der Waals surface area contributed by atoms with Crippen LogP contribution in [-0.2, 0) is 0 Å². The minimum absolute atomic E-state index is 0.856. The maximum Gasteiger partial charge on any atom is 0.137 e. The Hall–Kier alpha value is -8.90. The van der Waals surface area contributed by atoms with E-state index in [0.29, 0.717) is 0 Å². The number of para-hydroxylation sites is 5. The molecule has 3 aromatic heterocycles. The number of fused-ring (bicyclic) bond motifs is 11. The Kier molecular flexibility index (Phi) is 9.04. The van der Waals surface area contributed by atoms with E-state index in [1.807, 2.05) is 17.4 Å². The smallest absolute Gasteiger partial charge is 0.137 e. The number of thiophene rings is 1. The third-order valence-corrected chi connectivity index (χ3v) is 14.9. The van der Waals surface area contributed by atoms with Crippen molar-refractivity contribution in [2.24, 2.45) is 0 Å². The molecule has 324 valence electrons. The number of hydrogen-bond donors (Lipinski definition) is 0. The van der Waals surface area contributed by atoms with Crippen LogP contribution in [0.5, 0.6) is 0 Å². The summed E-state index contributed by atoms with van der Waals surface area (Å²) >= 11 is 1.87. The van der Waals surface area contributed by atoms with Crippen molar-refractivity contribution >= 4 is 120 Å². The van der Waals surface area contributed by atoms with Crippen LogP contribution in [-0.4, -0.2) is 4.57 Å². The van der Waals surface area contributed by atoms with Crippen molar-refractivity contribution in [1.82, 2.24) is 4.57 Å². The molecule has 11 aromatic carbocycles. The molecular weight excluding hydrogens is 859 g/mol. The van der Waals surface area contributed by atoms with Crippen molar-refractivity contribution in [1.29, 1.82) is 0 Å². The van der Waals surface area contributed by atoms with E-state index in [1.165, 1.54) is 52.8 Å². The first-order valence-electron chi connectivity index (χ1n) is 23.4. The molecule has 0 unspecified atom stereocenters. The van der Waals surface area contributed by atoms with Crippen molar-refractivity contribution in [3.63, 3.8) is 0 Å². The van der Waals surface area contributed by atoms with E-state index < -0.39 is 0 Å². The summed E-state index contributed by atoms with van der Waals surface area (Å²) in [4.78, 5) is 4.77. The van der Waals surface area contributed by atoms with Gasteiger partial charge in [0.05, 0.1) is 16.7 Å². The molecule has 69 heavy (non-hydrogen) atoms. The summed E-state index contributed by atoms with van der Waals surface area (Å²) in [6.07, 6.45) is 0. The maximum atomic E-state index is 6.59. The zero-order chi connectivity index (χ0) is 45.4. The molecule has 0 N–H and O–H groups in total. The van der Waals surface area contributed by atoms with Gasteiger partial charge in [-0.2, -0.15) is 0 Å². The fraction of sp³-hybridized carbons (Fsp3) is 0. The number of anilines is 6. The Bertz CT molecular complexity index is 4230. The van der Waals surface area contributed by atoms with Crippen LogP contribution in [0.15, 0.2) is 253 Å². The first-order valence-corrected chi connectivity index (χ1v) is 24.2. The van der Waals surface area contributed by atoms with Crippen LogP contribution in [0.2, 0.25) is 0 Å². The SMILES string of the molecule is c1ccc(N(c2ccccc2)c2ccc3c(c2)sc2c4ccccc4c(N(c4cccc(-c5ccc6c7ccccc7n(-c7ccccc7)c6c5)c4)c4ccc5c(c4)oc4ccccc45)cc32)cc1. The average Bonchev–Trinajstić information content (AvgIpc) is 4.09. The van der Waals surface area contributed by atoms with Crippen LogP contribution < -0.4 is 9.80 Å². The van der Waals surface area contributed by atoms with E-state index >= 15 is 0 Å². The zero-order valence-electron chi connectivity index (χ0n) is 37.3. The minimum Gasteiger partial charge on any atom is -0.456 e. The van der Waals surface area contributed by atoms with E-state index in [4.69, 9.17) is 4.42 Å². The summed E-state index contributed by atoms with van der Waals surface area (Å²) in [6.45, 7) is 0. The van der Waals surface area contributed by atoms with Crippen LogP contribution in [0.25, 0.3) is 91.5 Å². The van der Waals surface area contributed by atoms with Crippen molar-refractivity contribution in [3.8, 4) is 16.8 Å². The molecule has 0 atom stereocenters. The molecule has 0 aliphatic carbocycles. The third kappa shape index (κ3) is 6.43. The van der Waals surface area contributed by atoms with Gasteiger partial charge in [0.2, 0.25) is 0 Å². The van der Waals surface area contributed by atoms with Gasteiger partial charge in [0.15, 0.2) is 0 Å². The predicted molar refractivity (Wildman–Crippen MR) is 293 cm³/mol. The van der Waals surface area contributed by atoms with E-state index in [2.05, 4.69) is 257 Å². The Morgan fingerprint density at radius 1 is 0.319 bits per heavy atom. The summed E-state index contributed by atoms with van der Waals surface area (Å²) in [7, 11) is 0. The quantitative estimate of drug-likeness (QED) is 0.152. The molecule has 5 heteroatoms. The largest absolute Gasteiger partial charge is 0.456 e. The fourth-order valence-corrected chi connectivity index (χ4v) is 11.9. The van der Waals surface area contributed by atoms with Crippen molar-refractivity contribution in [2.75, 3.05) is 9.80 Å². The summed E-state index contributed by atoms with van der Waals surface area (Å²) in [6, 6.07) is 89.9. The molecule has 0 saturated carbocycles. The second-order valence-electron chi connectivity index (χ2n) is 17.7. The standard InChI is InChI=1S/C64H41N3OS/c1-4-18-44(19-5-1)65(45-20-6-2-7-21-45)49-33-36-55-57-41-60(51-26-10-11-28-56(51)64(57)69-63(55)40-49)66(48-32-35-54-53-27-13-15-30-61(53)68-62(54)39-48)47-24-16-17-42(37-47)43-31-34-52-50-25-12-14-29-58(50)67(59(52)38-43)46-22-8-3-9-23-46/h1-41H. The number of furan rings is 1. The Labute approximate surface area is 402 Å². The third-order valence-electron chi connectivity index (χ3n) is 13.7. The monoisotopic (exact) mass is 899 g/mol. The van der Waals surface area contributed by atoms with Gasteiger partial charge >= 0.3 is 0 Å². The first kappa shape index (κ1) is 39.3. The molecule has 0 amide bonds. The molecule has 0 radical (unpaired) electrons. The van der Waals surface area contributed by atoms with Gasteiger partial charge in [-0.1, -0.05) is 146 Å². The van der Waals surface area contributed by atoms with Crippen molar-refractivity contribution < 1.29 is 4.42 Å². The topological polar surface area (TPSA) is 24.6 Å². The number of benzene rings is 11. The molecule has 0 bridgehead atoms. The van der Waals surface area contributed by atoms with Gasteiger partial charge in [0.1, 0.15) is 11.2 Å². The van der Waals surface area contributed by atoms with Crippen LogP contribution in [0, 0.1) is 0 Å². The highest BCUT2D eigenvalue weighted by Gasteiger charge is 2.23. The van der Waals surface area contributed by atoms with Gasteiger partial charge in [-0.15, -0.1) is 11.3 Å². The van der Waals surface area contributed by atoms with Gasteiger partial charge in [-0.25, -0.2) is 0 Å². The Morgan fingerprint density at radius 2 is 0.884 bits per heavy atom. The highest BCUT2D eigenvalue weighted by molar-refractivity contribution is 7.26. The lowest BCUT2D eigenvalue weighted by molar-refractivity contribution is 0.669. The summed E-state index contributed by atoms with van der Waals surface area (Å²) in [5.74, 6) is 0. The molecular formula is C64H41N3OS. The van der Waals surface area contributed by atoms with Crippen LogP contribution in [0.3, 0.4) is 0 Å². The first-order chi connectivity index (χ1) is 34.2. The van der Waals surface area contributed by atoms with Crippen LogP contribution >= 0.6 is 11.3 Å². The van der Waals surface area contributed by atoms with Gasteiger partial charge in [-0.05, 0) is 108 Å². The molecule has 14 aromatic rings. The Balaban J connectivity index is 0.976. The van der Waals surface area contributed by atoms with Gasteiger partial charge in [-0.3, -0.25) is 0 Å². The highest BCUT2D eigenvalue weighted by atomic mass is 32.1. The van der Waals surface area contributed by atoms with Gasteiger partial charge in [0.25, 0.3) is 0 Å². The van der Waals surface area contributed by atoms with Gasteiger partial charge < -0.3 is 18.8 Å². The summed E-state index contributed by atoms with van der Waals surface area (Å²) in [5.41, 5.74) is 14.1. The van der Waals surface area contributed by atoms with E-state index in [1.54, 1.807) is 0 Å². The lowest BCUT2D eigenvalue weighted by Crippen LogP contribution is -2.10.